The summed E-state index contributed by atoms with van der Waals surface area (Å²) in [6.07, 6.45) is 1.47. The minimum absolute atomic E-state index is 0.0504. The van der Waals surface area contributed by atoms with Gasteiger partial charge in [0.2, 0.25) is 0 Å². The van der Waals surface area contributed by atoms with Gasteiger partial charge in [0.1, 0.15) is 11.6 Å². The number of hydrogen-bond donors (Lipinski definition) is 3. The molecule has 0 atom stereocenters. The van der Waals surface area contributed by atoms with Gasteiger partial charge in [-0.25, -0.2) is 0 Å². The van der Waals surface area contributed by atoms with Crippen LogP contribution in [0.15, 0.2) is 36.5 Å². The molecular formula is C18H20N4O3. The third kappa shape index (κ3) is 3.60. The Labute approximate surface area is 144 Å². The third-order valence-corrected chi connectivity index (χ3v) is 3.80. The summed E-state index contributed by atoms with van der Waals surface area (Å²) in [7, 11) is 1.70. The summed E-state index contributed by atoms with van der Waals surface area (Å²) in [4.78, 5) is 22.0. The van der Waals surface area contributed by atoms with E-state index in [0.717, 1.165) is 10.8 Å². The smallest absolute Gasteiger partial charge is 0.165 e. The Morgan fingerprint density at radius 1 is 1.08 bits per heavy atom. The maximum absolute atomic E-state index is 11.2. The molecule has 0 aliphatic carbocycles. The number of benzene rings is 2. The van der Waals surface area contributed by atoms with E-state index < -0.39 is 0 Å². The Morgan fingerprint density at radius 2 is 1.68 bits per heavy atom. The molecule has 7 heteroatoms. The normalized spacial score (nSPS) is 10.2. The van der Waals surface area contributed by atoms with Gasteiger partial charge in [0, 0.05) is 12.4 Å². The Morgan fingerprint density at radius 3 is 2.16 bits per heavy atom. The Kier molecular flexibility index (Phi) is 5.07. The minimum atomic E-state index is -0.190. The minimum Gasteiger partial charge on any atom is -0.505 e. The highest BCUT2D eigenvalue weighted by molar-refractivity contribution is 6.06. The zero-order valence-electron chi connectivity index (χ0n) is 14.3. The molecule has 0 amide bonds. The number of fused-ring (bicyclic) bond motifs is 1. The zero-order valence-corrected chi connectivity index (χ0v) is 14.3. The molecule has 3 rings (SSSR count). The summed E-state index contributed by atoms with van der Waals surface area (Å²) in [5, 5.41) is 15.2. The van der Waals surface area contributed by atoms with Gasteiger partial charge in [-0.1, -0.05) is 24.3 Å². The number of anilines is 2. The predicted molar refractivity (Wildman–Crippen MR) is 97.7 cm³/mol. The van der Waals surface area contributed by atoms with Gasteiger partial charge in [-0.3, -0.25) is 14.3 Å². The van der Waals surface area contributed by atoms with Crippen LogP contribution in [0.5, 0.6) is 5.75 Å². The number of aromatic nitrogens is 2. The van der Waals surface area contributed by atoms with Gasteiger partial charge in [0.05, 0.1) is 23.0 Å². The van der Waals surface area contributed by atoms with Crippen LogP contribution in [0, 0.1) is 0 Å². The first-order valence-electron chi connectivity index (χ1n) is 7.53. The summed E-state index contributed by atoms with van der Waals surface area (Å²) in [6.45, 7) is 2.87. The number of aryl methyl sites for hydroxylation is 1. The molecule has 25 heavy (non-hydrogen) atoms. The van der Waals surface area contributed by atoms with E-state index in [-0.39, 0.29) is 28.6 Å². The second kappa shape index (κ2) is 7.04. The number of hydrogen-bond acceptors (Lipinski definition) is 6. The maximum Gasteiger partial charge on any atom is 0.165 e. The van der Waals surface area contributed by atoms with E-state index in [1.807, 2.05) is 24.3 Å². The number of carbonyl (C=O) groups excluding carboxylic acids is 2. The van der Waals surface area contributed by atoms with Gasteiger partial charge < -0.3 is 16.6 Å². The summed E-state index contributed by atoms with van der Waals surface area (Å²) in [6, 6.07) is 9.03. The molecule has 0 bridgehead atoms. The summed E-state index contributed by atoms with van der Waals surface area (Å²) >= 11 is 0. The second-order valence-electron chi connectivity index (χ2n) is 5.59. The number of Topliss-reactive ketones (excluding diaryl/α,β-unsaturated/α-hetero) is 2. The molecule has 5 N–H and O–H groups in total. The SMILES string of the molecule is CC(=O)c1cc2ccccc2c(N)c1O.CC(=O)c1cnn(C)c1N. The number of carbonyl (C=O) groups is 2. The van der Waals surface area contributed by atoms with Crippen LogP contribution in [-0.2, 0) is 7.05 Å². The molecule has 130 valence electrons. The number of nitrogen functional groups attached to an aromatic ring is 2. The predicted octanol–water partition coefficient (Wildman–Crippen LogP) is 2.54. The molecule has 0 aliphatic rings. The summed E-state index contributed by atoms with van der Waals surface area (Å²) in [5.74, 6) is 0.0595. The Bertz CT molecular complexity index is 960. The monoisotopic (exact) mass is 340 g/mol. The molecule has 0 spiro atoms. The molecule has 2 aromatic carbocycles. The first-order chi connectivity index (χ1) is 11.7. The van der Waals surface area contributed by atoms with Crippen molar-refractivity contribution in [1.82, 2.24) is 9.78 Å². The molecule has 0 aliphatic heterocycles. The van der Waals surface area contributed by atoms with Crippen molar-refractivity contribution in [2.75, 3.05) is 11.5 Å². The molecule has 0 radical (unpaired) electrons. The van der Waals surface area contributed by atoms with Crippen molar-refractivity contribution < 1.29 is 14.7 Å². The average Bonchev–Trinajstić information content (AvgIpc) is 2.91. The maximum atomic E-state index is 11.2. The molecule has 3 aromatic rings. The van der Waals surface area contributed by atoms with Crippen LogP contribution in [0.3, 0.4) is 0 Å². The van der Waals surface area contributed by atoms with E-state index in [4.69, 9.17) is 11.5 Å². The van der Waals surface area contributed by atoms with E-state index in [0.29, 0.717) is 11.4 Å². The molecule has 0 saturated carbocycles. The first kappa shape index (κ1) is 18.0. The lowest BCUT2D eigenvalue weighted by molar-refractivity contribution is 0.100. The van der Waals surface area contributed by atoms with E-state index in [2.05, 4.69) is 5.10 Å². The molecule has 1 heterocycles. The van der Waals surface area contributed by atoms with Crippen molar-refractivity contribution in [3.05, 3.63) is 47.7 Å². The largest absolute Gasteiger partial charge is 0.505 e. The van der Waals surface area contributed by atoms with Gasteiger partial charge in [-0.05, 0) is 25.3 Å². The second-order valence-corrected chi connectivity index (χ2v) is 5.59. The van der Waals surface area contributed by atoms with E-state index in [9.17, 15) is 14.7 Å². The zero-order chi connectivity index (χ0) is 18.7. The lowest BCUT2D eigenvalue weighted by Gasteiger charge is -2.08. The van der Waals surface area contributed by atoms with Crippen LogP contribution < -0.4 is 11.5 Å². The number of nitrogens with two attached hydrogens (primary N) is 2. The van der Waals surface area contributed by atoms with Gasteiger partial charge in [-0.15, -0.1) is 0 Å². The van der Waals surface area contributed by atoms with E-state index >= 15 is 0 Å². The number of phenolic OH excluding ortho intramolecular Hbond substituents is 1. The molecule has 0 unspecified atom stereocenters. The topological polar surface area (TPSA) is 124 Å². The van der Waals surface area contributed by atoms with E-state index in [1.54, 1.807) is 13.1 Å². The lowest BCUT2D eigenvalue weighted by Crippen LogP contribution is -2.01. The van der Waals surface area contributed by atoms with Crippen molar-refractivity contribution in [2.24, 2.45) is 7.05 Å². The third-order valence-electron chi connectivity index (χ3n) is 3.80. The lowest BCUT2D eigenvalue weighted by atomic mass is 10.0. The standard InChI is InChI=1S/C12H11NO2.C6H9N3O/c1-7(14)10-6-8-4-2-3-5-9(8)11(13)12(10)15;1-4(10)5-3-8-9(2)6(5)7/h2-6,15H,13H2,1H3;3H,7H2,1-2H3. The summed E-state index contributed by atoms with van der Waals surface area (Å²) in [5.41, 5.74) is 12.3. The van der Waals surface area contributed by atoms with Crippen LogP contribution in [0.25, 0.3) is 10.8 Å². The van der Waals surface area contributed by atoms with Gasteiger partial charge in [-0.2, -0.15) is 5.10 Å². The number of aromatic hydroxyl groups is 1. The molecular weight excluding hydrogens is 320 g/mol. The van der Waals surface area contributed by atoms with Gasteiger partial charge in [0.25, 0.3) is 0 Å². The Hall–Kier alpha value is -3.35. The average molecular weight is 340 g/mol. The molecule has 7 nitrogen and oxygen atoms in total. The number of rotatable bonds is 2. The quantitative estimate of drug-likeness (QED) is 0.374. The van der Waals surface area contributed by atoms with Gasteiger partial charge >= 0.3 is 0 Å². The highest BCUT2D eigenvalue weighted by Crippen LogP contribution is 2.33. The van der Waals surface area contributed by atoms with Crippen molar-refractivity contribution >= 4 is 33.8 Å². The van der Waals surface area contributed by atoms with Crippen molar-refractivity contribution in [2.45, 2.75) is 13.8 Å². The van der Waals surface area contributed by atoms with Crippen LogP contribution in [-0.4, -0.2) is 26.5 Å². The summed E-state index contributed by atoms with van der Waals surface area (Å²) < 4.78 is 1.47. The molecule has 0 fully saturated rings. The number of nitrogens with zero attached hydrogens (tertiary/aromatic N) is 2. The van der Waals surface area contributed by atoms with Crippen molar-refractivity contribution in [3.8, 4) is 5.75 Å². The fourth-order valence-corrected chi connectivity index (χ4v) is 2.35. The first-order valence-corrected chi connectivity index (χ1v) is 7.53. The van der Waals surface area contributed by atoms with E-state index in [1.165, 1.54) is 24.7 Å². The van der Waals surface area contributed by atoms with Crippen LogP contribution in [0.1, 0.15) is 34.6 Å². The fraction of sp³-hybridized carbons (Fsp3) is 0.167. The van der Waals surface area contributed by atoms with Crippen LogP contribution >= 0.6 is 0 Å². The van der Waals surface area contributed by atoms with Crippen molar-refractivity contribution in [1.29, 1.82) is 0 Å². The van der Waals surface area contributed by atoms with Gasteiger partial charge in [0.15, 0.2) is 11.6 Å². The van der Waals surface area contributed by atoms with Crippen LogP contribution in [0.4, 0.5) is 11.5 Å². The van der Waals surface area contributed by atoms with Crippen molar-refractivity contribution in [3.63, 3.8) is 0 Å². The molecule has 0 saturated heterocycles. The van der Waals surface area contributed by atoms with Crippen LogP contribution in [0.2, 0.25) is 0 Å². The highest BCUT2D eigenvalue weighted by atomic mass is 16.3. The molecule has 1 aromatic heterocycles. The highest BCUT2D eigenvalue weighted by Gasteiger charge is 2.12. The fourth-order valence-electron chi connectivity index (χ4n) is 2.35. The Balaban J connectivity index is 0.000000196. The number of ketones is 2. The number of phenols is 1.